The lowest BCUT2D eigenvalue weighted by atomic mass is 10.1. The summed E-state index contributed by atoms with van der Waals surface area (Å²) in [6, 6.07) is 11.2. The van der Waals surface area contributed by atoms with Crippen molar-refractivity contribution in [2.24, 2.45) is 0 Å². The number of fused-ring (bicyclic) bond motifs is 1. The first-order chi connectivity index (χ1) is 14.1. The quantitative estimate of drug-likeness (QED) is 0.636. The first-order valence-corrected chi connectivity index (χ1v) is 9.68. The van der Waals surface area contributed by atoms with Gasteiger partial charge in [0.1, 0.15) is 5.01 Å². The van der Waals surface area contributed by atoms with Gasteiger partial charge in [0.2, 0.25) is 17.8 Å². The second kappa shape index (κ2) is 8.36. The third-order valence-electron chi connectivity index (χ3n) is 4.32. The van der Waals surface area contributed by atoms with Crippen LogP contribution < -0.4 is 24.3 Å². The topological polar surface area (TPSA) is 91.8 Å². The van der Waals surface area contributed by atoms with Gasteiger partial charge in [-0.25, -0.2) is 0 Å². The molecule has 2 aromatic carbocycles. The number of rotatable bonds is 7. The van der Waals surface area contributed by atoms with E-state index in [0.29, 0.717) is 34.6 Å². The van der Waals surface area contributed by atoms with Gasteiger partial charge in [-0.1, -0.05) is 23.5 Å². The minimum absolute atomic E-state index is 0.169. The Morgan fingerprint density at radius 3 is 2.66 bits per heavy atom. The van der Waals surface area contributed by atoms with Gasteiger partial charge >= 0.3 is 0 Å². The lowest BCUT2D eigenvalue weighted by Crippen LogP contribution is -2.14. The van der Waals surface area contributed by atoms with E-state index < -0.39 is 0 Å². The molecule has 0 spiro atoms. The standard InChI is InChI=1S/C20H19N3O5S/c1-25-14-5-3-13(7-16(14)26-2)10-19-22-23-20(29-19)21-18(24)9-12-4-6-15-17(8-12)28-11-27-15/h3-8H,9-11H2,1-2H3,(H,21,23,24). The molecule has 0 unspecified atom stereocenters. The molecule has 1 N–H and O–H groups in total. The summed E-state index contributed by atoms with van der Waals surface area (Å²) >= 11 is 1.34. The van der Waals surface area contributed by atoms with Crippen molar-refractivity contribution in [2.75, 3.05) is 26.3 Å². The molecular formula is C20H19N3O5S. The number of nitrogens with zero attached hydrogens (tertiary/aromatic N) is 2. The van der Waals surface area contributed by atoms with Crippen molar-refractivity contribution in [2.45, 2.75) is 12.8 Å². The van der Waals surface area contributed by atoms with Crippen LogP contribution in [0.15, 0.2) is 36.4 Å². The number of aromatic nitrogens is 2. The van der Waals surface area contributed by atoms with Crippen molar-refractivity contribution < 1.29 is 23.7 Å². The molecule has 0 bridgehead atoms. The second-order valence-electron chi connectivity index (χ2n) is 6.28. The van der Waals surface area contributed by atoms with Crippen LogP contribution in [-0.2, 0) is 17.6 Å². The van der Waals surface area contributed by atoms with Crippen LogP contribution in [0.5, 0.6) is 23.0 Å². The average Bonchev–Trinajstić information content (AvgIpc) is 3.36. The van der Waals surface area contributed by atoms with Gasteiger partial charge in [0.25, 0.3) is 0 Å². The summed E-state index contributed by atoms with van der Waals surface area (Å²) in [5, 5.41) is 12.3. The van der Waals surface area contributed by atoms with Gasteiger partial charge in [-0.05, 0) is 35.4 Å². The molecule has 1 amide bonds. The number of methoxy groups -OCH3 is 2. The smallest absolute Gasteiger partial charge is 0.231 e. The number of benzene rings is 2. The molecule has 3 aromatic rings. The number of hydrogen-bond acceptors (Lipinski definition) is 8. The van der Waals surface area contributed by atoms with Crippen molar-refractivity contribution in [3.05, 3.63) is 52.5 Å². The lowest BCUT2D eigenvalue weighted by Gasteiger charge is -2.08. The van der Waals surface area contributed by atoms with Crippen LogP contribution in [0.1, 0.15) is 16.1 Å². The molecule has 9 heteroatoms. The first kappa shape index (κ1) is 19.0. The van der Waals surface area contributed by atoms with Gasteiger partial charge in [0.15, 0.2) is 23.0 Å². The van der Waals surface area contributed by atoms with Gasteiger partial charge in [-0.15, -0.1) is 10.2 Å². The third-order valence-corrected chi connectivity index (χ3v) is 5.16. The SMILES string of the molecule is COc1ccc(Cc2nnc(NC(=O)Cc3ccc4c(c3)OCO4)s2)cc1OC. The molecule has 150 valence electrons. The highest BCUT2D eigenvalue weighted by Crippen LogP contribution is 2.33. The summed E-state index contributed by atoms with van der Waals surface area (Å²) in [6.45, 7) is 0.207. The zero-order chi connectivity index (χ0) is 20.2. The molecule has 2 heterocycles. The summed E-state index contributed by atoms with van der Waals surface area (Å²) in [4.78, 5) is 12.3. The molecule has 1 aliphatic rings. The van der Waals surface area contributed by atoms with Gasteiger partial charge in [-0.2, -0.15) is 0 Å². The average molecular weight is 413 g/mol. The minimum Gasteiger partial charge on any atom is -0.493 e. The van der Waals surface area contributed by atoms with Crippen LogP contribution >= 0.6 is 11.3 Å². The number of carbonyl (C=O) groups excluding carboxylic acids is 1. The zero-order valence-electron chi connectivity index (χ0n) is 15.9. The van der Waals surface area contributed by atoms with E-state index in [0.717, 1.165) is 16.1 Å². The zero-order valence-corrected chi connectivity index (χ0v) is 16.7. The predicted octanol–water partition coefficient (Wildman–Crippen LogP) is 3.06. The third kappa shape index (κ3) is 4.40. The Morgan fingerprint density at radius 2 is 1.83 bits per heavy atom. The van der Waals surface area contributed by atoms with E-state index >= 15 is 0 Å². The van der Waals surface area contributed by atoms with Gasteiger partial charge in [0, 0.05) is 6.42 Å². The van der Waals surface area contributed by atoms with Crippen LogP contribution in [0, 0.1) is 0 Å². The van der Waals surface area contributed by atoms with Crippen LogP contribution in [0.25, 0.3) is 0 Å². The van der Waals surface area contributed by atoms with Crippen molar-refractivity contribution in [1.82, 2.24) is 10.2 Å². The monoisotopic (exact) mass is 413 g/mol. The first-order valence-electron chi connectivity index (χ1n) is 8.86. The van der Waals surface area contributed by atoms with E-state index in [-0.39, 0.29) is 19.1 Å². The van der Waals surface area contributed by atoms with Crippen LogP contribution in [0.2, 0.25) is 0 Å². The van der Waals surface area contributed by atoms with Gasteiger partial charge in [0.05, 0.1) is 20.6 Å². The number of hydrogen-bond donors (Lipinski definition) is 1. The lowest BCUT2D eigenvalue weighted by molar-refractivity contribution is -0.115. The van der Waals surface area contributed by atoms with E-state index in [2.05, 4.69) is 15.5 Å². The molecule has 0 saturated heterocycles. The summed E-state index contributed by atoms with van der Waals surface area (Å²) in [5.41, 5.74) is 1.85. The molecule has 8 nitrogen and oxygen atoms in total. The molecule has 4 rings (SSSR count). The molecule has 1 aromatic heterocycles. The van der Waals surface area contributed by atoms with Crippen molar-refractivity contribution in [3.63, 3.8) is 0 Å². The van der Waals surface area contributed by atoms with E-state index in [1.54, 1.807) is 20.3 Å². The summed E-state index contributed by atoms with van der Waals surface area (Å²) < 4.78 is 21.2. The number of ether oxygens (including phenoxy) is 4. The highest BCUT2D eigenvalue weighted by molar-refractivity contribution is 7.15. The summed E-state index contributed by atoms with van der Waals surface area (Å²) in [5.74, 6) is 2.51. The fourth-order valence-corrected chi connectivity index (χ4v) is 3.73. The Hall–Kier alpha value is -3.33. The molecule has 0 fully saturated rings. The Kier molecular flexibility index (Phi) is 5.48. The number of nitrogens with one attached hydrogen (secondary N) is 1. The van der Waals surface area contributed by atoms with E-state index in [9.17, 15) is 4.79 Å². The molecule has 0 atom stereocenters. The number of carbonyl (C=O) groups is 1. The maximum Gasteiger partial charge on any atom is 0.231 e. The van der Waals surface area contributed by atoms with E-state index in [1.807, 2.05) is 30.3 Å². The summed E-state index contributed by atoms with van der Waals surface area (Å²) in [7, 11) is 3.20. The maximum atomic E-state index is 12.3. The Morgan fingerprint density at radius 1 is 1.03 bits per heavy atom. The molecule has 1 aliphatic heterocycles. The molecule has 0 radical (unpaired) electrons. The maximum absolute atomic E-state index is 12.3. The van der Waals surface area contributed by atoms with Gasteiger partial charge < -0.3 is 24.3 Å². The van der Waals surface area contributed by atoms with Crippen molar-refractivity contribution in [1.29, 1.82) is 0 Å². The second-order valence-corrected chi connectivity index (χ2v) is 7.34. The highest BCUT2D eigenvalue weighted by atomic mass is 32.1. The molecule has 0 aliphatic carbocycles. The predicted molar refractivity (Wildman–Crippen MR) is 107 cm³/mol. The van der Waals surface area contributed by atoms with Gasteiger partial charge in [-0.3, -0.25) is 4.79 Å². The highest BCUT2D eigenvalue weighted by Gasteiger charge is 2.15. The summed E-state index contributed by atoms with van der Waals surface area (Å²) in [6.07, 6.45) is 0.789. The van der Waals surface area contributed by atoms with Crippen LogP contribution in [0.4, 0.5) is 5.13 Å². The van der Waals surface area contributed by atoms with Crippen LogP contribution in [-0.4, -0.2) is 37.1 Å². The van der Waals surface area contributed by atoms with Crippen molar-refractivity contribution in [3.8, 4) is 23.0 Å². The fourth-order valence-electron chi connectivity index (χ4n) is 2.94. The molecule has 0 saturated carbocycles. The Balaban J connectivity index is 1.37. The van der Waals surface area contributed by atoms with E-state index in [1.165, 1.54) is 11.3 Å². The number of amides is 1. The minimum atomic E-state index is -0.169. The number of anilines is 1. The largest absolute Gasteiger partial charge is 0.493 e. The van der Waals surface area contributed by atoms with Crippen molar-refractivity contribution >= 4 is 22.4 Å². The molecular weight excluding hydrogens is 394 g/mol. The fraction of sp³-hybridized carbons (Fsp3) is 0.250. The van der Waals surface area contributed by atoms with Crippen LogP contribution in [0.3, 0.4) is 0 Å². The molecule has 29 heavy (non-hydrogen) atoms. The van der Waals surface area contributed by atoms with E-state index in [4.69, 9.17) is 18.9 Å². The Bertz CT molecular complexity index is 1040. The normalized spacial score (nSPS) is 11.9. The Labute approximate surface area is 171 Å².